The molecule has 1 N–H and O–H groups in total. The number of anilines is 2. The SMILES string of the molecule is O=S1(=Nc2cc(Cl)c3c(Nc4ccc(F)cc4O[C@@H]4CO[C@@H]5CCO[C@@H]54)ncnc3c2)CCC1. The number of halogens is 2. The summed E-state index contributed by atoms with van der Waals surface area (Å²) in [5.41, 5.74) is 1.61. The summed E-state index contributed by atoms with van der Waals surface area (Å²) in [6, 6.07) is 7.65. The summed E-state index contributed by atoms with van der Waals surface area (Å²) in [5.74, 6) is 1.53. The number of hydrogen-bond donors (Lipinski definition) is 1. The van der Waals surface area contributed by atoms with E-state index in [0.29, 0.717) is 63.6 Å². The maximum atomic E-state index is 14.1. The first-order valence-corrected chi connectivity index (χ1v) is 13.3. The van der Waals surface area contributed by atoms with Gasteiger partial charge in [-0.05, 0) is 37.1 Å². The van der Waals surface area contributed by atoms with Gasteiger partial charge in [0.25, 0.3) is 0 Å². The Morgan fingerprint density at radius 1 is 1.21 bits per heavy atom. The zero-order valence-electron chi connectivity index (χ0n) is 18.1. The van der Waals surface area contributed by atoms with Crippen molar-refractivity contribution in [3.63, 3.8) is 0 Å². The van der Waals surface area contributed by atoms with Crippen LogP contribution in [0.25, 0.3) is 10.9 Å². The molecule has 3 aliphatic heterocycles. The standard InChI is InChI=1S/C23H22ClFN4O4S/c24-15-9-14(29-34(30)6-1-7-34)10-17-21(15)23(27-12-26-17)28-16-3-2-13(25)8-19(16)33-20-11-32-18-4-5-31-22(18)20/h2-3,8-10,12,18,20,22H,1,4-7,11H2,(H,26,27,28)/t18-,20-,22+/m1/s1. The zero-order valence-corrected chi connectivity index (χ0v) is 19.7. The van der Waals surface area contributed by atoms with Crippen molar-refractivity contribution >= 4 is 49.4 Å². The van der Waals surface area contributed by atoms with Crippen molar-refractivity contribution < 1.29 is 22.8 Å². The van der Waals surface area contributed by atoms with E-state index in [1.807, 2.05) is 0 Å². The molecule has 8 nitrogen and oxygen atoms in total. The number of nitrogens with one attached hydrogen (secondary N) is 1. The molecule has 0 spiro atoms. The molecule has 11 heteroatoms. The van der Waals surface area contributed by atoms with Crippen LogP contribution in [0, 0.1) is 5.82 Å². The Balaban J connectivity index is 1.33. The lowest BCUT2D eigenvalue weighted by atomic mass is 10.1. The molecule has 3 saturated heterocycles. The van der Waals surface area contributed by atoms with Gasteiger partial charge in [0.2, 0.25) is 0 Å². The van der Waals surface area contributed by atoms with Crippen molar-refractivity contribution in [3.05, 3.63) is 47.5 Å². The molecule has 0 aliphatic carbocycles. The highest BCUT2D eigenvalue weighted by Crippen LogP contribution is 2.38. The number of hydrogen-bond acceptors (Lipinski definition) is 8. The van der Waals surface area contributed by atoms with E-state index in [2.05, 4.69) is 19.6 Å². The van der Waals surface area contributed by atoms with Crippen LogP contribution in [0.1, 0.15) is 12.8 Å². The van der Waals surface area contributed by atoms with Crippen LogP contribution in [-0.2, 0) is 19.2 Å². The smallest absolute Gasteiger partial charge is 0.151 e. The van der Waals surface area contributed by atoms with Gasteiger partial charge in [-0.2, -0.15) is 4.36 Å². The Labute approximate surface area is 201 Å². The van der Waals surface area contributed by atoms with E-state index in [0.717, 1.165) is 12.8 Å². The van der Waals surface area contributed by atoms with Gasteiger partial charge in [0.05, 0.1) is 49.7 Å². The maximum Gasteiger partial charge on any atom is 0.151 e. The van der Waals surface area contributed by atoms with Crippen molar-refractivity contribution in [2.45, 2.75) is 31.2 Å². The minimum Gasteiger partial charge on any atom is -0.483 e. The minimum absolute atomic E-state index is 0.00854. The Morgan fingerprint density at radius 2 is 2.09 bits per heavy atom. The van der Waals surface area contributed by atoms with Crippen LogP contribution >= 0.6 is 11.6 Å². The molecule has 3 aliphatic rings. The van der Waals surface area contributed by atoms with Gasteiger partial charge in [-0.1, -0.05) is 11.6 Å². The molecule has 4 heterocycles. The monoisotopic (exact) mass is 504 g/mol. The Hall–Kier alpha value is -2.53. The lowest BCUT2D eigenvalue weighted by Gasteiger charge is -2.21. The molecule has 3 atom stereocenters. The minimum atomic E-state index is -2.18. The Morgan fingerprint density at radius 3 is 2.91 bits per heavy atom. The molecule has 34 heavy (non-hydrogen) atoms. The molecule has 6 rings (SSSR count). The topological polar surface area (TPSA) is 94.9 Å². The molecule has 0 saturated carbocycles. The average molecular weight is 505 g/mol. The molecule has 3 fully saturated rings. The normalized spacial score (nSPS) is 25.1. The first-order valence-electron chi connectivity index (χ1n) is 11.1. The first kappa shape index (κ1) is 22.0. The second-order valence-electron chi connectivity index (χ2n) is 8.59. The molecule has 3 aromatic rings. The lowest BCUT2D eigenvalue weighted by molar-refractivity contribution is 0.0310. The summed E-state index contributed by atoms with van der Waals surface area (Å²) in [6.07, 6.45) is 2.65. The Kier molecular flexibility index (Phi) is 5.56. The summed E-state index contributed by atoms with van der Waals surface area (Å²) < 4.78 is 48.7. The predicted molar refractivity (Wildman–Crippen MR) is 127 cm³/mol. The van der Waals surface area contributed by atoms with Crippen molar-refractivity contribution in [2.75, 3.05) is 30.0 Å². The number of ether oxygens (including phenoxy) is 3. The van der Waals surface area contributed by atoms with Gasteiger partial charge >= 0.3 is 0 Å². The van der Waals surface area contributed by atoms with Crippen LogP contribution in [0.5, 0.6) is 5.75 Å². The highest BCUT2D eigenvalue weighted by molar-refractivity contribution is 7.95. The average Bonchev–Trinajstić information content (AvgIpc) is 3.39. The van der Waals surface area contributed by atoms with Gasteiger partial charge in [-0.3, -0.25) is 0 Å². The summed E-state index contributed by atoms with van der Waals surface area (Å²) in [5, 5.41) is 4.16. The molecular formula is C23H22ClFN4O4S. The maximum absolute atomic E-state index is 14.1. The number of aromatic nitrogens is 2. The van der Waals surface area contributed by atoms with Gasteiger partial charge in [-0.15, -0.1) is 0 Å². The third kappa shape index (κ3) is 4.08. The summed E-state index contributed by atoms with van der Waals surface area (Å²) in [6.45, 7) is 1.00. The first-order chi connectivity index (χ1) is 16.5. The van der Waals surface area contributed by atoms with E-state index >= 15 is 0 Å². The second kappa shape index (κ2) is 8.60. The molecule has 1 aromatic heterocycles. The third-order valence-electron chi connectivity index (χ3n) is 6.27. The van der Waals surface area contributed by atoms with E-state index in [1.165, 1.54) is 18.5 Å². The predicted octanol–water partition coefficient (Wildman–Crippen LogP) is 4.60. The third-order valence-corrected chi connectivity index (χ3v) is 8.96. The molecule has 178 valence electrons. The number of nitrogens with zero attached hydrogens (tertiary/aromatic N) is 3. The van der Waals surface area contributed by atoms with Gasteiger partial charge < -0.3 is 19.5 Å². The van der Waals surface area contributed by atoms with E-state index in [4.69, 9.17) is 25.8 Å². The zero-order chi connectivity index (χ0) is 23.3. The highest BCUT2D eigenvalue weighted by Gasteiger charge is 2.43. The van der Waals surface area contributed by atoms with Gasteiger partial charge in [-0.25, -0.2) is 18.6 Å². The second-order valence-corrected chi connectivity index (χ2v) is 11.5. The van der Waals surface area contributed by atoms with Crippen molar-refractivity contribution in [1.82, 2.24) is 9.97 Å². The van der Waals surface area contributed by atoms with Crippen LogP contribution in [0.15, 0.2) is 41.0 Å². The fourth-order valence-electron chi connectivity index (χ4n) is 4.47. The van der Waals surface area contributed by atoms with Gasteiger partial charge in [0, 0.05) is 24.2 Å². The molecule has 0 unspecified atom stereocenters. The number of benzene rings is 2. The fraction of sp³-hybridized carbons (Fsp3) is 0.391. The Bertz CT molecular complexity index is 1390. The summed E-state index contributed by atoms with van der Waals surface area (Å²) in [4.78, 5) is 8.67. The van der Waals surface area contributed by atoms with Gasteiger partial charge in [0.15, 0.2) is 6.10 Å². The van der Waals surface area contributed by atoms with Crippen LogP contribution < -0.4 is 10.1 Å². The van der Waals surface area contributed by atoms with E-state index in [-0.39, 0.29) is 18.3 Å². The number of fused-ring (bicyclic) bond motifs is 2. The highest BCUT2D eigenvalue weighted by atomic mass is 35.5. The van der Waals surface area contributed by atoms with E-state index in [1.54, 1.807) is 18.2 Å². The van der Waals surface area contributed by atoms with Crippen LogP contribution in [0.4, 0.5) is 21.6 Å². The fourth-order valence-corrected chi connectivity index (χ4v) is 6.22. The summed E-state index contributed by atoms with van der Waals surface area (Å²) in [7, 11) is -2.18. The van der Waals surface area contributed by atoms with Crippen LogP contribution in [0.2, 0.25) is 5.02 Å². The van der Waals surface area contributed by atoms with Crippen molar-refractivity contribution in [3.8, 4) is 5.75 Å². The molecule has 2 aromatic carbocycles. The van der Waals surface area contributed by atoms with Crippen LogP contribution in [-0.4, -0.2) is 57.2 Å². The van der Waals surface area contributed by atoms with E-state index in [9.17, 15) is 8.60 Å². The lowest BCUT2D eigenvalue weighted by Crippen LogP contribution is -2.32. The quantitative estimate of drug-likeness (QED) is 0.542. The molecule has 0 radical (unpaired) electrons. The van der Waals surface area contributed by atoms with Crippen molar-refractivity contribution in [2.24, 2.45) is 4.36 Å². The number of rotatable bonds is 5. The summed E-state index contributed by atoms with van der Waals surface area (Å²) >= 11 is 6.59. The van der Waals surface area contributed by atoms with Crippen molar-refractivity contribution in [1.29, 1.82) is 0 Å². The molecule has 0 bridgehead atoms. The van der Waals surface area contributed by atoms with E-state index < -0.39 is 15.5 Å². The van der Waals surface area contributed by atoms with Gasteiger partial charge in [0.1, 0.15) is 29.8 Å². The molecular weight excluding hydrogens is 483 g/mol. The largest absolute Gasteiger partial charge is 0.483 e. The van der Waals surface area contributed by atoms with Crippen LogP contribution in [0.3, 0.4) is 0 Å². The molecule has 0 amide bonds.